The van der Waals surface area contributed by atoms with E-state index in [0.717, 1.165) is 5.56 Å². The van der Waals surface area contributed by atoms with Gasteiger partial charge in [0.05, 0.1) is 0 Å². The maximum Gasteiger partial charge on any atom is 0.247 e. The smallest absolute Gasteiger partial charge is 0.247 e. The van der Waals surface area contributed by atoms with Gasteiger partial charge in [-0.05, 0) is 42.5 Å². The third-order valence-electron chi connectivity index (χ3n) is 3.53. The van der Waals surface area contributed by atoms with Gasteiger partial charge in [0.15, 0.2) is 23.9 Å². The molecular formula is C17H12N2O5. The number of rotatable bonds is 5. The second-order valence-corrected chi connectivity index (χ2v) is 5.05. The Hall–Kier alpha value is -3.35. The summed E-state index contributed by atoms with van der Waals surface area (Å²) in [5.41, 5.74) is 1.30. The maximum absolute atomic E-state index is 12.2. The van der Waals surface area contributed by atoms with E-state index < -0.39 is 0 Å². The molecule has 7 heteroatoms. The lowest BCUT2D eigenvalue weighted by atomic mass is 10.1. The summed E-state index contributed by atoms with van der Waals surface area (Å²) in [6.07, 6.45) is 1.27. The first-order valence-corrected chi connectivity index (χ1v) is 7.22. The summed E-state index contributed by atoms with van der Waals surface area (Å²) >= 11 is 0. The molecule has 0 unspecified atom stereocenters. The number of hydrogen-bond donors (Lipinski definition) is 0. The van der Waals surface area contributed by atoms with Gasteiger partial charge in [-0.3, -0.25) is 4.79 Å². The van der Waals surface area contributed by atoms with Crippen molar-refractivity contribution in [2.75, 3.05) is 13.4 Å². The normalized spacial score (nSPS) is 12.2. The predicted octanol–water partition coefficient (Wildman–Crippen LogP) is 2.73. The second-order valence-electron chi connectivity index (χ2n) is 5.05. The molecule has 2 aromatic carbocycles. The van der Waals surface area contributed by atoms with Crippen molar-refractivity contribution in [3.63, 3.8) is 0 Å². The van der Waals surface area contributed by atoms with Crippen molar-refractivity contribution in [2.24, 2.45) is 0 Å². The van der Waals surface area contributed by atoms with Crippen molar-refractivity contribution in [2.45, 2.75) is 0 Å². The summed E-state index contributed by atoms with van der Waals surface area (Å²) in [5.74, 6) is 2.08. The molecule has 24 heavy (non-hydrogen) atoms. The molecule has 2 heterocycles. The number of benzene rings is 2. The molecular weight excluding hydrogens is 312 g/mol. The van der Waals surface area contributed by atoms with Gasteiger partial charge in [-0.15, -0.1) is 10.2 Å². The molecule has 0 N–H and O–H groups in total. The van der Waals surface area contributed by atoms with E-state index >= 15 is 0 Å². The Morgan fingerprint density at radius 2 is 1.92 bits per heavy atom. The van der Waals surface area contributed by atoms with Crippen LogP contribution >= 0.6 is 0 Å². The summed E-state index contributed by atoms with van der Waals surface area (Å²) in [6.45, 7) is 0.107. The summed E-state index contributed by atoms with van der Waals surface area (Å²) in [5, 5.41) is 7.45. The minimum Gasteiger partial charge on any atom is -0.485 e. The fourth-order valence-corrected chi connectivity index (χ4v) is 2.29. The molecule has 0 radical (unpaired) electrons. The lowest BCUT2D eigenvalue weighted by Gasteiger charge is -2.06. The number of fused-ring (bicyclic) bond motifs is 1. The van der Waals surface area contributed by atoms with Crippen LogP contribution in [0.5, 0.6) is 17.2 Å². The van der Waals surface area contributed by atoms with Crippen LogP contribution in [0.4, 0.5) is 0 Å². The van der Waals surface area contributed by atoms with Crippen LogP contribution in [0, 0.1) is 0 Å². The SMILES string of the molecule is O=C(COc1ccc(-c2nnco2)cc1)c1ccc2c(c1)OCO2. The van der Waals surface area contributed by atoms with Gasteiger partial charge in [0.25, 0.3) is 0 Å². The number of ether oxygens (including phenoxy) is 3. The molecule has 1 aromatic heterocycles. The monoisotopic (exact) mass is 324 g/mol. The molecule has 120 valence electrons. The Labute approximate surface area is 136 Å². The molecule has 0 bridgehead atoms. The topological polar surface area (TPSA) is 83.7 Å². The summed E-state index contributed by atoms with van der Waals surface area (Å²) in [4.78, 5) is 12.2. The summed E-state index contributed by atoms with van der Waals surface area (Å²) < 4.78 is 21.1. The fraction of sp³-hybridized carbons (Fsp3) is 0.118. The zero-order valence-electron chi connectivity index (χ0n) is 12.5. The van der Waals surface area contributed by atoms with E-state index in [2.05, 4.69) is 10.2 Å². The highest BCUT2D eigenvalue weighted by molar-refractivity contribution is 5.97. The molecule has 1 aliphatic rings. The van der Waals surface area contributed by atoms with Crippen LogP contribution < -0.4 is 14.2 Å². The number of ketones is 1. The number of carbonyl (C=O) groups is 1. The van der Waals surface area contributed by atoms with E-state index in [4.69, 9.17) is 18.6 Å². The standard InChI is InChI=1S/C17H12N2O5/c20-14(12-3-6-15-16(7-12)24-10-23-15)8-21-13-4-1-11(2-5-13)17-19-18-9-22-17/h1-7,9H,8,10H2. The highest BCUT2D eigenvalue weighted by Crippen LogP contribution is 2.32. The molecule has 4 rings (SSSR count). The van der Waals surface area contributed by atoms with Crippen LogP contribution in [0.2, 0.25) is 0 Å². The first kappa shape index (κ1) is 14.3. The van der Waals surface area contributed by atoms with Gasteiger partial charge in [-0.2, -0.15) is 0 Å². The van der Waals surface area contributed by atoms with E-state index in [-0.39, 0.29) is 19.2 Å². The van der Waals surface area contributed by atoms with E-state index in [1.807, 2.05) is 0 Å². The third-order valence-corrected chi connectivity index (χ3v) is 3.53. The molecule has 0 atom stereocenters. The van der Waals surface area contributed by atoms with Crippen molar-refractivity contribution in [1.82, 2.24) is 10.2 Å². The van der Waals surface area contributed by atoms with Gasteiger partial charge in [0.2, 0.25) is 19.1 Å². The van der Waals surface area contributed by atoms with Gasteiger partial charge in [-0.25, -0.2) is 0 Å². The average Bonchev–Trinajstić information content (AvgIpc) is 3.30. The van der Waals surface area contributed by atoms with E-state index in [0.29, 0.717) is 28.7 Å². The quantitative estimate of drug-likeness (QED) is 0.667. The Balaban J connectivity index is 1.40. The van der Waals surface area contributed by atoms with E-state index in [1.54, 1.807) is 42.5 Å². The van der Waals surface area contributed by atoms with Crippen LogP contribution in [-0.2, 0) is 0 Å². The highest BCUT2D eigenvalue weighted by Gasteiger charge is 2.16. The van der Waals surface area contributed by atoms with Gasteiger partial charge in [0, 0.05) is 11.1 Å². The molecule has 3 aromatic rings. The van der Waals surface area contributed by atoms with Gasteiger partial charge >= 0.3 is 0 Å². The molecule has 1 aliphatic heterocycles. The lowest BCUT2D eigenvalue weighted by molar-refractivity contribution is 0.0921. The average molecular weight is 324 g/mol. The fourth-order valence-electron chi connectivity index (χ4n) is 2.29. The predicted molar refractivity (Wildman–Crippen MR) is 82.1 cm³/mol. The van der Waals surface area contributed by atoms with Crippen molar-refractivity contribution < 1.29 is 23.4 Å². The minimum atomic E-state index is -0.144. The minimum absolute atomic E-state index is 0.0699. The van der Waals surface area contributed by atoms with Crippen LogP contribution in [0.15, 0.2) is 53.3 Å². The van der Waals surface area contributed by atoms with Crippen LogP contribution in [0.3, 0.4) is 0 Å². The van der Waals surface area contributed by atoms with E-state index in [1.165, 1.54) is 6.39 Å². The van der Waals surface area contributed by atoms with Crippen molar-refractivity contribution in [3.05, 3.63) is 54.4 Å². The Morgan fingerprint density at radius 3 is 2.71 bits per heavy atom. The van der Waals surface area contributed by atoms with Gasteiger partial charge in [0.1, 0.15) is 5.75 Å². The number of Topliss-reactive ketones (excluding diaryl/α,β-unsaturated/α-hetero) is 1. The largest absolute Gasteiger partial charge is 0.485 e. The molecule has 0 aliphatic carbocycles. The molecule has 0 saturated carbocycles. The second kappa shape index (κ2) is 6.04. The Bertz CT molecular complexity index is 859. The van der Waals surface area contributed by atoms with Crippen LogP contribution in [0.25, 0.3) is 11.5 Å². The first-order valence-electron chi connectivity index (χ1n) is 7.22. The van der Waals surface area contributed by atoms with Crippen LogP contribution in [0.1, 0.15) is 10.4 Å². The van der Waals surface area contributed by atoms with Crippen molar-refractivity contribution >= 4 is 5.78 Å². The zero-order valence-corrected chi connectivity index (χ0v) is 12.5. The molecule has 0 fully saturated rings. The molecule has 0 saturated heterocycles. The number of nitrogens with zero attached hydrogens (tertiary/aromatic N) is 2. The van der Waals surface area contributed by atoms with Crippen molar-refractivity contribution in [3.8, 4) is 28.7 Å². The Morgan fingerprint density at radius 1 is 1.08 bits per heavy atom. The third kappa shape index (κ3) is 2.79. The number of aromatic nitrogens is 2. The first-order chi connectivity index (χ1) is 11.8. The van der Waals surface area contributed by atoms with Crippen LogP contribution in [-0.4, -0.2) is 29.4 Å². The zero-order chi connectivity index (χ0) is 16.4. The van der Waals surface area contributed by atoms with E-state index in [9.17, 15) is 4.79 Å². The number of carbonyl (C=O) groups excluding carboxylic acids is 1. The summed E-state index contributed by atoms with van der Waals surface area (Å²) in [6, 6.07) is 12.1. The maximum atomic E-state index is 12.2. The molecule has 0 spiro atoms. The lowest BCUT2D eigenvalue weighted by Crippen LogP contribution is -2.11. The molecule has 0 amide bonds. The number of hydrogen-bond acceptors (Lipinski definition) is 7. The summed E-state index contributed by atoms with van der Waals surface area (Å²) in [7, 11) is 0. The van der Waals surface area contributed by atoms with Gasteiger partial charge in [-0.1, -0.05) is 0 Å². The Kier molecular flexibility index (Phi) is 3.59. The molecule has 7 nitrogen and oxygen atoms in total. The van der Waals surface area contributed by atoms with Gasteiger partial charge < -0.3 is 18.6 Å². The highest BCUT2D eigenvalue weighted by atomic mass is 16.7. The van der Waals surface area contributed by atoms with Crippen molar-refractivity contribution in [1.29, 1.82) is 0 Å².